The average molecular weight is 424 g/mol. The lowest BCUT2D eigenvalue weighted by Gasteiger charge is -2.21. The predicted octanol–water partition coefficient (Wildman–Crippen LogP) is 1.60. The lowest BCUT2D eigenvalue weighted by molar-refractivity contribution is -0.385. The van der Waals surface area contributed by atoms with Crippen molar-refractivity contribution in [3.05, 3.63) is 74.8 Å². The predicted molar refractivity (Wildman–Crippen MR) is 109 cm³/mol. The molecule has 0 aromatic heterocycles. The summed E-state index contributed by atoms with van der Waals surface area (Å²) in [6, 6.07) is 9.27. The number of benzene rings is 2. The molecule has 1 N–H and O–H groups in total. The summed E-state index contributed by atoms with van der Waals surface area (Å²) < 4.78 is 0. The maximum atomic E-state index is 12.7. The molecule has 31 heavy (non-hydrogen) atoms. The van der Waals surface area contributed by atoms with E-state index < -0.39 is 34.4 Å². The number of nitrogens with zero attached hydrogens (tertiary/aromatic N) is 3. The Labute approximate surface area is 177 Å². The van der Waals surface area contributed by atoms with Crippen molar-refractivity contribution in [2.45, 2.75) is 19.5 Å². The van der Waals surface area contributed by atoms with Crippen molar-refractivity contribution in [1.29, 1.82) is 0 Å². The monoisotopic (exact) mass is 424 g/mol. The normalized spacial score (nSPS) is 13.6. The zero-order valence-electron chi connectivity index (χ0n) is 17.1. The van der Waals surface area contributed by atoms with E-state index in [1.807, 2.05) is 0 Å². The van der Waals surface area contributed by atoms with E-state index in [4.69, 9.17) is 0 Å². The van der Waals surface area contributed by atoms with Crippen molar-refractivity contribution in [2.24, 2.45) is 0 Å². The molecular weight excluding hydrogens is 404 g/mol. The third-order valence-electron chi connectivity index (χ3n) is 4.96. The number of fused-ring (bicyclic) bond motifs is 1. The maximum absolute atomic E-state index is 12.7. The number of imide groups is 1. The molecule has 2 aromatic carbocycles. The Morgan fingerprint density at radius 2 is 1.74 bits per heavy atom. The summed E-state index contributed by atoms with van der Waals surface area (Å²) in [5.74, 6) is -2.37. The van der Waals surface area contributed by atoms with Gasteiger partial charge in [-0.05, 0) is 30.7 Å². The van der Waals surface area contributed by atoms with Crippen molar-refractivity contribution in [2.75, 3.05) is 14.1 Å². The second kappa shape index (κ2) is 8.34. The average Bonchev–Trinajstić information content (AvgIpc) is 3.01. The number of amides is 4. The summed E-state index contributed by atoms with van der Waals surface area (Å²) in [4.78, 5) is 62.5. The largest absolute Gasteiger partial charge is 0.350 e. The molecule has 0 aliphatic carbocycles. The van der Waals surface area contributed by atoms with Gasteiger partial charge in [0.2, 0.25) is 5.91 Å². The molecule has 1 aliphatic rings. The Morgan fingerprint density at radius 1 is 1.10 bits per heavy atom. The number of nitro groups is 1. The van der Waals surface area contributed by atoms with Gasteiger partial charge >= 0.3 is 0 Å². The molecule has 0 saturated carbocycles. The van der Waals surface area contributed by atoms with E-state index >= 15 is 0 Å². The molecule has 0 fully saturated rings. The maximum Gasteiger partial charge on any atom is 0.282 e. The highest BCUT2D eigenvalue weighted by atomic mass is 16.6. The van der Waals surface area contributed by atoms with Crippen LogP contribution in [0.5, 0.6) is 0 Å². The van der Waals surface area contributed by atoms with Crippen LogP contribution >= 0.6 is 0 Å². The van der Waals surface area contributed by atoms with Crippen LogP contribution in [0.2, 0.25) is 0 Å². The summed E-state index contributed by atoms with van der Waals surface area (Å²) in [6.07, 6.45) is 0. The van der Waals surface area contributed by atoms with Gasteiger partial charge in [0.1, 0.15) is 11.6 Å². The first-order valence-corrected chi connectivity index (χ1v) is 9.37. The molecule has 10 nitrogen and oxygen atoms in total. The molecule has 4 amide bonds. The third kappa shape index (κ3) is 4.00. The van der Waals surface area contributed by atoms with Crippen LogP contribution in [0.1, 0.15) is 43.6 Å². The summed E-state index contributed by atoms with van der Waals surface area (Å²) in [7, 11) is 3.29. The van der Waals surface area contributed by atoms with Crippen LogP contribution in [0.15, 0.2) is 42.5 Å². The molecule has 1 atom stereocenters. The molecule has 0 saturated heterocycles. The summed E-state index contributed by atoms with van der Waals surface area (Å²) in [6.45, 7) is 1.49. The second-order valence-electron chi connectivity index (χ2n) is 7.23. The van der Waals surface area contributed by atoms with Crippen molar-refractivity contribution in [3.63, 3.8) is 0 Å². The molecule has 160 valence electrons. The van der Waals surface area contributed by atoms with Gasteiger partial charge in [-0.15, -0.1) is 0 Å². The van der Waals surface area contributed by atoms with E-state index in [0.29, 0.717) is 11.1 Å². The highest BCUT2D eigenvalue weighted by Crippen LogP contribution is 2.31. The van der Waals surface area contributed by atoms with Gasteiger partial charge in [0.05, 0.1) is 10.5 Å². The molecule has 0 radical (unpaired) electrons. The van der Waals surface area contributed by atoms with Crippen molar-refractivity contribution < 1.29 is 24.1 Å². The summed E-state index contributed by atoms with van der Waals surface area (Å²) in [5, 5.41) is 13.8. The van der Waals surface area contributed by atoms with Gasteiger partial charge in [-0.2, -0.15) is 0 Å². The Morgan fingerprint density at radius 3 is 2.32 bits per heavy atom. The topological polar surface area (TPSA) is 130 Å². The highest BCUT2D eigenvalue weighted by molar-refractivity contribution is 6.24. The molecule has 10 heteroatoms. The number of hydrogen-bond acceptors (Lipinski definition) is 6. The highest BCUT2D eigenvalue weighted by Gasteiger charge is 2.44. The SMILES string of the molecule is CC(C(=O)NCc1ccc(C(=O)N(C)C)cc1)N1C(=O)c2cccc([N+](=O)[O-])c2C1=O. The fourth-order valence-corrected chi connectivity index (χ4v) is 3.27. The molecule has 0 bridgehead atoms. The molecule has 3 rings (SSSR count). The first-order valence-electron chi connectivity index (χ1n) is 9.37. The minimum absolute atomic E-state index is 0.0972. The number of carbonyl (C=O) groups excluding carboxylic acids is 4. The molecule has 0 spiro atoms. The quantitative estimate of drug-likeness (QED) is 0.426. The van der Waals surface area contributed by atoms with Gasteiger partial charge < -0.3 is 10.2 Å². The van der Waals surface area contributed by atoms with E-state index in [2.05, 4.69) is 5.32 Å². The van der Waals surface area contributed by atoms with Crippen molar-refractivity contribution in [3.8, 4) is 0 Å². The summed E-state index contributed by atoms with van der Waals surface area (Å²) in [5.41, 5.74) is 0.339. The third-order valence-corrected chi connectivity index (χ3v) is 4.96. The second-order valence-corrected chi connectivity index (χ2v) is 7.23. The number of nitro benzene ring substituents is 1. The van der Waals surface area contributed by atoms with Crippen LogP contribution < -0.4 is 5.32 Å². The zero-order valence-corrected chi connectivity index (χ0v) is 17.1. The smallest absolute Gasteiger partial charge is 0.282 e. The Hall–Kier alpha value is -4.08. The van der Waals surface area contributed by atoms with E-state index in [0.717, 1.165) is 11.0 Å². The van der Waals surface area contributed by atoms with Gasteiger partial charge in [-0.1, -0.05) is 18.2 Å². The van der Waals surface area contributed by atoms with E-state index in [1.165, 1.54) is 24.0 Å². The molecular formula is C21H20N4O6. The minimum Gasteiger partial charge on any atom is -0.350 e. The molecule has 2 aromatic rings. The van der Waals surface area contributed by atoms with Crippen molar-refractivity contribution in [1.82, 2.24) is 15.1 Å². The Kier molecular flexibility index (Phi) is 5.82. The van der Waals surface area contributed by atoms with Crippen LogP contribution in [0.3, 0.4) is 0 Å². The molecule has 1 heterocycles. The van der Waals surface area contributed by atoms with Crippen LogP contribution in [0, 0.1) is 10.1 Å². The van der Waals surface area contributed by atoms with E-state index in [1.54, 1.807) is 38.4 Å². The van der Waals surface area contributed by atoms with E-state index in [-0.39, 0.29) is 23.6 Å². The standard InChI is InChI=1S/C21H20N4O6/c1-12(18(26)22-11-13-7-9-14(10-8-13)19(27)23(2)3)24-20(28)15-5-4-6-16(25(30)31)17(15)21(24)29/h4-10,12H,11H2,1-3H3,(H,22,26). The first kappa shape index (κ1) is 21.6. The Bertz CT molecular complexity index is 1090. The van der Waals surface area contributed by atoms with Crippen LogP contribution in [-0.4, -0.2) is 58.5 Å². The van der Waals surface area contributed by atoms with Gasteiger partial charge in [0.15, 0.2) is 0 Å². The van der Waals surface area contributed by atoms with Gasteiger partial charge in [0, 0.05) is 32.3 Å². The number of hydrogen-bond donors (Lipinski definition) is 1. The summed E-state index contributed by atoms with van der Waals surface area (Å²) >= 11 is 0. The fourth-order valence-electron chi connectivity index (χ4n) is 3.27. The number of nitrogens with one attached hydrogen (secondary N) is 1. The first-order chi connectivity index (χ1) is 14.6. The minimum atomic E-state index is -1.17. The van der Waals surface area contributed by atoms with Crippen molar-refractivity contribution >= 4 is 29.3 Å². The molecule has 1 aliphatic heterocycles. The van der Waals surface area contributed by atoms with Gasteiger partial charge in [-0.25, -0.2) is 0 Å². The van der Waals surface area contributed by atoms with Gasteiger partial charge in [-0.3, -0.25) is 34.2 Å². The lowest BCUT2D eigenvalue weighted by atomic mass is 10.1. The fraction of sp³-hybridized carbons (Fsp3) is 0.238. The molecule has 1 unspecified atom stereocenters. The van der Waals surface area contributed by atoms with E-state index in [9.17, 15) is 29.3 Å². The Balaban J connectivity index is 1.70. The van der Waals surface area contributed by atoms with Crippen LogP contribution in [0.4, 0.5) is 5.69 Å². The number of carbonyl (C=O) groups is 4. The lowest BCUT2D eigenvalue weighted by Crippen LogP contribution is -2.47. The van der Waals surface area contributed by atoms with Crippen LogP contribution in [-0.2, 0) is 11.3 Å². The van der Waals surface area contributed by atoms with Gasteiger partial charge in [0.25, 0.3) is 23.4 Å². The zero-order chi connectivity index (χ0) is 22.9. The van der Waals surface area contributed by atoms with Crippen LogP contribution in [0.25, 0.3) is 0 Å². The number of rotatable bonds is 6.